The van der Waals surface area contributed by atoms with Crippen molar-refractivity contribution in [3.8, 4) is 0 Å². The van der Waals surface area contributed by atoms with Crippen molar-refractivity contribution in [2.24, 2.45) is 0 Å². The molecule has 0 atom stereocenters. The lowest BCUT2D eigenvalue weighted by molar-refractivity contribution is -0.133. The molecule has 0 saturated carbocycles. The summed E-state index contributed by atoms with van der Waals surface area (Å²) in [7, 11) is 0. The standard InChI is InChI=1S/C20H20ClN3O2S/c21-16-6-7-18-17(12-16)24(20(26)27-18)14-19(25)23-10-8-22(9-11-23)13-15-4-2-1-3-5-15/h1-7,12H,8-11,13-14H2. The molecule has 1 aliphatic rings. The Kier molecular flexibility index (Phi) is 5.29. The minimum absolute atomic E-state index is 0.0175. The third kappa shape index (κ3) is 4.08. The van der Waals surface area contributed by atoms with Gasteiger partial charge in [0, 0.05) is 37.7 Å². The van der Waals surface area contributed by atoms with Gasteiger partial charge in [0.25, 0.3) is 0 Å². The van der Waals surface area contributed by atoms with Gasteiger partial charge in [-0.2, -0.15) is 0 Å². The first kappa shape index (κ1) is 18.2. The van der Waals surface area contributed by atoms with Crippen LogP contribution in [-0.4, -0.2) is 46.5 Å². The topological polar surface area (TPSA) is 45.6 Å². The van der Waals surface area contributed by atoms with Crippen molar-refractivity contribution in [2.75, 3.05) is 26.2 Å². The Morgan fingerprint density at radius 1 is 1.04 bits per heavy atom. The molecule has 0 radical (unpaired) electrons. The van der Waals surface area contributed by atoms with Gasteiger partial charge in [0.2, 0.25) is 5.91 Å². The van der Waals surface area contributed by atoms with Crippen LogP contribution in [-0.2, 0) is 17.9 Å². The third-order valence-electron chi connectivity index (χ3n) is 4.90. The number of thiazole rings is 1. The molecule has 1 saturated heterocycles. The molecule has 7 heteroatoms. The second-order valence-corrected chi connectivity index (χ2v) is 8.14. The fourth-order valence-electron chi connectivity index (χ4n) is 3.42. The largest absolute Gasteiger partial charge is 0.339 e. The van der Waals surface area contributed by atoms with E-state index in [1.807, 2.05) is 29.2 Å². The van der Waals surface area contributed by atoms with Crippen LogP contribution in [0.3, 0.4) is 0 Å². The smallest absolute Gasteiger partial charge is 0.308 e. The predicted octanol–water partition coefficient (Wildman–Crippen LogP) is 3.06. The number of piperazine rings is 1. The molecule has 5 nitrogen and oxygen atoms in total. The number of nitrogens with zero attached hydrogens (tertiary/aromatic N) is 3. The van der Waals surface area contributed by atoms with E-state index < -0.39 is 0 Å². The fraction of sp³-hybridized carbons (Fsp3) is 0.300. The van der Waals surface area contributed by atoms with E-state index >= 15 is 0 Å². The minimum Gasteiger partial charge on any atom is -0.339 e. The van der Waals surface area contributed by atoms with Crippen LogP contribution >= 0.6 is 22.9 Å². The number of halogens is 1. The monoisotopic (exact) mass is 401 g/mol. The average molecular weight is 402 g/mol. The molecule has 1 aromatic heterocycles. The Labute approximate surface area is 166 Å². The summed E-state index contributed by atoms with van der Waals surface area (Å²) in [6, 6.07) is 15.7. The number of carbonyl (C=O) groups excluding carboxylic acids is 1. The Morgan fingerprint density at radius 3 is 2.52 bits per heavy atom. The van der Waals surface area contributed by atoms with Crippen molar-refractivity contribution < 1.29 is 4.79 Å². The van der Waals surface area contributed by atoms with Crippen molar-refractivity contribution >= 4 is 39.1 Å². The van der Waals surface area contributed by atoms with Gasteiger partial charge in [-0.25, -0.2) is 0 Å². The molecule has 1 aliphatic heterocycles. The van der Waals surface area contributed by atoms with Crippen molar-refractivity contribution in [1.29, 1.82) is 0 Å². The van der Waals surface area contributed by atoms with Gasteiger partial charge in [-0.05, 0) is 23.8 Å². The van der Waals surface area contributed by atoms with Crippen molar-refractivity contribution in [2.45, 2.75) is 13.1 Å². The van der Waals surface area contributed by atoms with E-state index in [-0.39, 0.29) is 17.3 Å². The first-order valence-corrected chi connectivity index (χ1v) is 10.1. The molecule has 27 heavy (non-hydrogen) atoms. The van der Waals surface area contributed by atoms with Crippen LogP contribution in [0, 0.1) is 0 Å². The molecule has 140 valence electrons. The van der Waals surface area contributed by atoms with Crippen molar-refractivity contribution in [1.82, 2.24) is 14.4 Å². The zero-order valence-corrected chi connectivity index (χ0v) is 16.4. The van der Waals surface area contributed by atoms with Crippen LogP contribution in [0.2, 0.25) is 5.02 Å². The number of carbonyl (C=O) groups is 1. The number of rotatable bonds is 4. The summed E-state index contributed by atoms with van der Waals surface area (Å²) in [6.07, 6.45) is 0. The molecule has 2 aromatic carbocycles. The van der Waals surface area contributed by atoms with Crippen molar-refractivity contribution in [3.63, 3.8) is 0 Å². The molecule has 0 aliphatic carbocycles. The van der Waals surface area contributed by atoms with Gasteiger partial charge in [-0.3, -0.25) is 19.1 Å². The van der Waals surface area contributed by atoms with Crippen LogP contribution in [0.25, 0.3) is 10.2 Å². The Bertz CT molecular complexity index is 1010. The number of benzene rings is 2. The zero-order valence-electron chi connectivity index (χ0n) is 14.8. The number of amides is 1. The summed E-state index contributed by atoms with van der Waals surface area (Å²) in [4.78, 5) is 29.1. The third-order valence-corrected chi connectivity index (χ3v) is 6.09. The van der Waals surface area contributed by atoms with Gasteiger partial charge >= 0.3 is 4.87 Å². The highest BCUT2D eigenvalue weighted by Gasteiger charge is 2.22. The molecule has 0 spiro atoms. The summed E-state index contributed by atoms with van der Waals surface area (Å²) < 4.78 is 2.38. The van der Waals surface area contributed by atoms with Gasteiger partial charge in [0.05, 0.1) is 10.2 Å². The molecule has 1 fully saturated rings. The maximum atomic E-state index is 12.7. The highest BCUT2D eigenvalue weighted by atomic mass is 35.5. The first-order chi connectivity index (χ1) is 13.1. The fourth-order valence-corrected chi connectivity index (χ4v) is 4.45. The lowest BCUT2D eigenvalue weighted by Gasteiger charge is -2.34. The summed E-state index contributed by atoms with van der Waals surface area (Å²) in [6.45, 7) is 4.01. The van der Waals surface area contributed by atoms with E-state index in [9.17, 15) is 9.59 Å². The molecule has 0 N–H and O–H groups in total. The summed E-state index contributed by atoms with van der Waals surface area (Å²) in [5, 5.41) is 0.566. The molecule has 1 amide bonds. The normalized spacial score (nSPS) is 15.4. The summed E-state index contributed by atoms with van der Waals surface area (Å²) in [5.74, 6) is -0.0175. The highest BCUT2D eigenvalue weighted by molar-refractivity contribution is 7.16. The molecular formula is C20H20ClN3O2S. The Morgan fingerprint density at radius 2 is 1.78 bits per heavy atom. The maximum Gasteiger partial charge on any atom is 0.308 e. The SMILES string of the molecule is O=C(Cn1c(=O)sc2ccc(Cl)cc21)N1CCN(Cc2ccccc2)CC1. The maximum absolute atomic E-state index is 12.7. The van der Waals surface area contributed by atoms with Gasteiger partial charge in [0.1, 0.15) is 6.54 Å². The molecule has 0 bridgehead atoms. The summed E-state index contributed by atoms with van der Waals surface area (Å²) in [5.41, 5.74) is 2.01. The Hall–Kier alpha value is -2.15. The Balaban J connectivity index is 1.40. The molecule has 0 unspecified atom stereocenters. The lowest BCUT2D eigenvalue weighted by Crippen LogP contribution is -2.49. The number of hydrogen-bond acceptors (Lipinski definition) is 4. The molecule has 3 aromatic rings. The summed E-state index contributed by atoms with van der Waals surface area (Å²) >= 11 is 7.20. The van der Waals surface area contributed by atoms with E-state index in [1.165, 1.54) is 10.1 Å². The van der Waals surface area contributed by atoms with E-state index in [0.29, 0.717) is 18.1 Å². The highest BCUT2D eigenvalue weighted by Crippen LogP contribution is 2.21. The second kappa shape index (κ2) is 7.84. The van der Waals surface area contributed by atoms with Crippen LogP contribution in [0.4, 0.5) is 0 Å². The quantitative estimate of drug-likeness (QED) is 0.675. The second-order valence-electron chi connectivity index (χ2n) is 6.71. The van der Waals surface area contributed by atoms with Gasteiger partial charge in [-0.1, -0.05) is 53.3 Å². The van der Waals surface area contributed by atoms with Gasteiger partial charge in [0.15, 0.2) is 0 Å². The van der Waals surface area contributed by atoms with Crippen LogP contribution in [0.5, 0.6) is 0 Å². The van der Waals surface area contributed by atoms with E-state index in [0.717, 1.165) is 41.2 Å². The van der Waals surface area contributed by atoms with Crippen LogP contribution in [0.1, 0.15) is 5.56 Å². The first-order valence-electron chi connectivity index (χ1n) is 8.93. The molecule has 4 rings (SSSR count). The van der Waals surface area contributed by atoms with E-state index in [4.69, 9.17) is 11.6 Å². The van der Waals surface area contributed by atoms with Crippen molar-refractivity contribution in [3.05, 3.63) is 68.8 Å². The van der Waals surface area contributed by atoms with E-state index in [1.54, 1.807) is 12.1 Å². The van der Waals surface area contributed by atoms with Gasteiger partial charge < -0.3 is 4.90 Å². The number of fused-ring (bicyclic) bond motifs is 1. The van der Waals surface area contributed by atoms with E-state index in [2.05, 4.69) is 17.0 Å². The molecule has 2 heterocycles. The molecular weight excluding hydrogens is 382 g/mol. The number of hydrogen-bond donors (Lipinski definition) is 0. The predicted molar refractivity (Wildman–Crippen MR) is 109 cm³/mol. The van der Waals surface area contributed by atoms with Crippen LogP contribution < -0.4 is 4.87 Å². The van der Waals surface area contributed by atoms with Crippen LogP contribution in [0.15, 0.2) is 53.3 Å². The zero-order chi connectivity index (χ0) is 18.8. The number of aromatic nitrogens is 1. The lowest BCUT2D eigenvalue weighted by atomic mass is 10.2. The van der Waals surface area contributed by atoms with Gasteiger partial charge in [-0.15, -0.1) is 0 Å². The minimum atomic E-state index is -0.122. The average Bonchev–Trinajstić information content (AvgIpc) is 2.98.